The zero-order valence-electron chi connectivity index (χ0n) is 21.3. The van der Waals surface area contributed by atoms with Gasteiger partial charge in [-0.05, 0) is 71.0 Å². The SMILES string of the molecule is C=C[C@H]1CN2CC[C@H]1C[C@@H]2[C@@H](OC(=O)c1c2ccccc2cc2ccccc12)c1ccnc2ccccc12. The summed E-state index contributed by atoms with van der Waals surface area (Å²) < 4.78 is 6.67. The first-order chi connectivity index (χ1) is 18.7. The smallest absolute Gasteiger partial charge is 0.340 e. The van der Waals surface area contributed by atoms with Gasteiger partial charge >= 0.3 is 5.97 Å². The van der Waals surface area contributed by atoms with Gasteiger partial charge in [-0.3, -0.25) is 9.88 Å². The van der Waals surface area contributed by atoms with E-state index >= 15 is 0 Å². The molecule has 0 N–H and O–H groups in total. The number of hydrogen-bond acceptors (Lipinski definition) is 4. The molecule has 4 heterocycles. The number of para-hydroxylation sites is 1. The number of carbonyl (C=O) groups is 1. The van der Waals surface area contributed by atoms with E-state index in [1.165, 1.54) is 6.42 Å². The first-order valence-electron chi connectivity index (χ1n) is 13.5. The van der Waals surface area contributed by atoms with Crippen molar-refractivity contribution < 1.29 is 9.53 Å². The maximum absolute atomic E-state index is 14.3. The number of aromatic nitrogens is 1. The summed E-state index contributed by atoms with van der Waals surface area (Å²) in [6.07, 6.45) is 5.70. The van der Waals surface area contributed by atoms with Gasteiger partial charge in [-0.15, -0.1) is 6.58 Å². The Bertz CT molecular complexity index is 1630. The molecule has 3 aliphatic rings. The van der Waals surface area contributed by atoms with Gasteiger partial charge < -0.3 is 4.74 Å². The van der Waals surface area contributed by atoms with E-state index in [0.717, 1.165) is 57.5 Å². The van der Waals surface area contributed by atoms with Gasteiger partial charge in [0.15, 0.2) is 0 Å². The zero-order chi connectivity index (χ0) is 25.6. The highest BCUT2D eigenvalue weighted by molar-refractivity contribution is 6.16. The van der Waals surface area contributed by atoms with E-state index in [1.54, 1.807) is 0 Å². The Hall–Kier alpha value is -4.02. The summed E-state index contributed by atoms with van der Waals surface area (Å²) in [6.45, 7) is 6.08. The van der Waals surface area contributed by atoms with Gasteiger partial charge in [0.25, 0.3) is 0 Å². The lowest BCUT2D eigenvalue weighted by Gasteiger charge is -2.51. The maximum Gasteiger partial charge on any atom is 0.340 e. The lowest BCUT2D eigenvalue weighted by Crippen LogP contribution is -2.55. The molecule has 0 amide bonds. The topological polar surface area (TPSA) is 42.4 Å². The summed E-state index contributed by atoms with van der Waals surface area (Å²) in [5, 5.41) is 4.97. The van der Waals surface area contributed by atoms with Gasteiger partial charge in [-0.1, -0.05) is 72.8 Å². The fraction of sp³-hybridized carbons (Fsp3) is 0.235. The number of hydrogen-bond donors (Lipinski definition) is 0. The van der Waals surface area contributed by atoms with Crippen LogP contribution >= 0.6 is 0 Å². The van der Waals surface area contributed by atoms with Crippen LogP contribution in [0.1, 0.15) is 34.9 Å². The monoisotopic (exact) mass is 498 g/mol. The molecule has 5 aromatic rings. The van der Waals surface area contributed by atoms with Crippen LogP contribution in [0.25, 0.3) is 32.4 Å². The van der Waals surface area contributed by atoms with E-state index in [-0.39, 0.29) is 12.0 Å². The highest BCUT2D eigenvalue weighted by Gasteiger charge is 2.44. The van der Waals surface area contributed by atoms with Crippen LogP contribution in [-0.4, -0.2) is 35.0 Å². The molecule has 4 nitrogen and oxygen atoms in total. The molecule has 0 saturated carbocycles. The second kappa shape index (κ2) is 9.38. The van der Waals surface area contributed by atoms with Crippen molar-refractivity contribution >= 4 is 38.4 Å². The van der Waals surface area contributed by atoms with Crippen molar-refractivity contribution in [1.29, 1.82) is 0 Å². The van der Waals surface area contributed by atoms with Crippen molar-refractivity contribution in [2.45, 2.75) is 25.0 Å². The Morgan fingerprint density at radius 1 is 0.947 bits per heavy atom. The molecule has 38 heavy (non-hydrogen) atoms. The molecule has 5 atom stereocenters. The van der Waals surface area contributed by atoms with Crippen LogP contribution in [0.3, 0.4) is 0 Å². The van der Waals surface area contributed by atoms with E-state index in [0.29, 0.717) is 17.4 Å². The number of ether oxygens (including phenoxy) is 1. The Kier molecular flexibility index (Phi) is 5.70. The highest BCUT2D eigenvalue weighted by atomic mass is 16.5. The van der Waals surface area contributed by atoms with Gasteiger partial charge in [0.2, 0.25) is 0 Å². The summed E-state index contributed by atoms with van der Waals surface area (Å²) in [5.74, 6) is 0.787. The third kappa shape index (κ3) is 3.79. The van der Waals surface area contributed by atoms with Crippen LogP contribution in [0, 0.1) is 11.8 Å². The minimum atomic E-state index is -0.401. The number of rotatable bonds is 5. The molecule has 0 spiro atoms. The third-order valence-electron chi connectivity index (χ3n) is 8.70. The molecular formula is C34H30N2O2. The normalized spacial score (nSPS) is 23.5. The quantitative estimate of drug-likeness (QED) is 0.144. The van der Waals surface area contributed by atoms with Crippen LogP contribution in [-0.2, 0) is 4.74 Å². The average molecular weight is 499 g/mol. The zero-order valence-corrected chi connectivity index (χ0v) is 21.3. The Morgan fingerprint density at radius 2 is 1.63 bits per heavy atom. The predicted molar refractivity (Wildman–Crippen MR) is 153 cm³/mol. The Labute approximate surface area is 222 Å². The minimum Gasteiger partial charge on any atom is -0.452 e. The lowest BCUT2D eigenvalue weighted by molar-refractivity contribution is -0.0566. The van der Waals surface area contributed by atoms with Crippen molar-refractivity contribution in [3.05, 3.63) is 115 Å². The first-order valence-corrected chi connectivity index (χ1v) is 13.5. The number of nitrogens with zero attached hydrogens (tertiary/aromatic N) is 2. The van der Waals surface area contributed by atoms with Crippen molar-refractivity contribution in [3.63, 3.8) is 0 Å². The molecule has 4 heteroatoms. The summed E-state index contributed by atoms with van der Waals surface area (Å²) >= 11 is 0. The summed E-state index contributed by atoms with van der Waals surface area (Å²) in [4.78, 5) is 21.4. The molecule has 188 valence electrons. The van der Waals surface area contributed by atoms with Gasteiger partial charge in [0.05, 0.1) is 17.1 Å². The average Bonchev–Trinajstić information content (AvgIpc) is 2.98. The lowest BCUT2D eigenvalue weighted by atomic mass is 9.73. The number of piperidine rings is 3. The summed E-state index contributed by atoms with van der Waals surface area (Å²) in [7, 11) is 0. The van der Waals surface area contributed by atoms with E-state index in [1.807, 2.05) is 66.9 Å². The molecule has 0 aliphatic carbocycles. The van der Waals surface area contributed by atoms with Gasteiger partial charge in [-0.25, -0.2) is 4.79 Å². The van der Waals surface area contributed by atoms with Crippen molar-refractivity contribution in [1.82, 2.24) is 9.88 Å². The molecule has 3 saturated heterocycles. The highest BCUT2D eigenvalue weighted by Crippen LogP contribution is 2.44. The Morgan fingerprint density at radius 3 is 2.32 bits per heavy atom. The minimum absolute atomic E-state index is 0.112. The fourth-order valence-electron chi connectivity index (χ4n) is 6.82. The number of pyridine rings is 1. The van der Waals surface area contributed by atoms with Crippen LogP contribution < -0.4 is 0 Å². The fourth-order valence-corrected chi connectivity index (χ4v) is 6.82. The van der Waals surface area contributed by atoms with Crippen LogP contribution in [0.4, 0.5) is 0 Å². The van der Waals surface area contributed by atoms with Gasteiger partial charge in [-0.2, -0.15) is 0 Å². The molecule has 3 aliphatic heterocycles. The van der Waals surface area contributed by atoms with Crippen molar-refractivity contribution in [3.8, 4) is 0 Å². The van der Waals surface area contributed by atoms with E-state index in [9.17, 15) is 4.79 Å². The molecule has 1 unspecified atom stereocenters. The van der Waals surface area contributed by atoms with Crippen molar-refractivity contribution in [2.75, 3.05) is 13.1 Å². The van der Waals surface area contributed by atoms with Crippen LogP contribution in [0.5, 0.6) is 0 Å². The Balaban J connectivity index is 1.37. The van der Waals surface area contributed by atoms with Crippen molar-refractivity contribution in [2.24, 2.45) is 11.8 Å². The molecule has 4 aromatic carbocycles. The second-order valence-electron chi connectivity index (χ2n) is 10.7. The first kappa shape index (κ1) is 23.1. The number of carbonyl (C=O) groups excluding carboxylic acids is 1. The molecule has 1 aromatic heterocycles. The van der Waals surface area contributed by atoms with E-state index in [4.69, 9.17) is 4.74 Å². The van der Waals surface area contributed by atoms with E-state index in [2.05, 4.69) is 46.8 Å². The number of fused-ring (bicyclic) bond motifs is 6. The van der Waals surface area contributed by atoms with Crippen LogP contribution in [0.2, 0.25) is 0 Å². The second-order valence-corrected chi connectivity index (χ2v) is 10.7. The predicted octanol–water partition coefficient (Wildman–Crippen LogP) is 7.34. The molecule has 0 radical (unpaired) electrons. The maximum atomic E-state index is 14.3. The number of benzene rings is 4. The molecular weight excluding hydrogens is 468 g/mol. The standard InChI is InChI=1S/C34H30N2O2/c1-2-22-21-36-18-16-23(22)20-31(36)33(29-15-17-35-30-14-8-7-13-28(29)30)38-34(37)32-26-11-5-3-9-24(26)19-25-10-4-6-12-27(25)32/h2-15,17,19,22-23,31,33H,1,16,18,20-21H2/t22-,23-,31+,33-/m0/s1. The molecule has 2 bridgehead atoms. The largest absolute Gasteiger partial charge is 0.452 e. The third-order valence-corrected chi connectivity index (χ3v) is 8.70. The molecule has 8 rings (SSSR count). The number of esters is 1. The van der Waals surface area contributed by atoms with Gasteiger partial charge in [0, 0.05) is 23.7 Å². The van der Waals surface area contributed by atoms with Gasteiger partial charge in [0.1, 0.15) is 6.10 Å². The summed E-state index contributed by atoms with van der Waals surface area (Å²) in [6, 6.07) is 28.6. The van der Waals surface area contributed by atoms with E-state index < -0.39 is 6.10 Å². The molecule has 3 fully saturated rings. The summed E-state index contributed by atoms with van der Waals surface area (Å²) in [5.41, 5.74) is 2.59. The van der Waals surface area contributed by atoms with Crippen LogP contribution in [0.15, 0.2) is 104 Å².